The third-order valence-corrected chi connectivity index (χ3v) is 5.41. The van der Waals surface area contributed by atoms with Crippen molar-refractivity contribution in [2.45, 2.75) is 46.1 Å². The Morgan fingerprint density at radius 3 is 2.65 bits per heavy atom. The number of benzene rings is 1. The summed E-state index contributed by atoms with van der Waals surface area (Å²) in [5.41, 5.74) is 4.62. The van der Waals surface area contributed by atoms with Gasteiger partial charge in [-0.2, -0.15) is 0 Å². The molecule has 0 unspecified atom stereocenters. The smallest absolute Gasteiger partial charge is 0.250 e. The second-order valence-corrected chi connectivity index (χ2v) is 8.03. The molecule has 5 heteroatoms. The molecule has 1 heterocycles. The Morgan fingerprint density at radius 1 is 1.12 bits per heavy atom. The van der Waals surface area contributed by atoms with Gasteiger partial charge in [-0.15, -0.1) is 0 Å². The maximum Gasteiger partial charge on any atom is 0.250 e. The van der Waals surface area contributed by atoms with Crippen LogP contribution in [-0.4, -0.2) is 16.8 Å². The van der Waals surface area contributed by atoms with Crippen LogP contribution in [0.25, 0.3) is 0 Å². The number of rotatable bonds is 5. The van der Waals surface area contributed by atoms with Crippen molar-refractivity contribution >= 4 is 28.9 Å². The van der Waals surface area contributed by atoms with E-state index in [1.54, 1.807) is 6.07 Å². The van der Waals surface area contributed by atoms with Gasteiger partial charge in [0.25, 0.3) is 5.56 Å². The number of aromatic nitrogens is 1. The second kappa shape index (κ2) is 8.41. The number of hydrogen-bond donors (Lipinski definition) is 0. The average molecular weight is 391 g/mol. The molecule has 0 amide bonds. The molecule has 1 aliphatic carbocycles. The molecule has 1 aromatic heterocycles. The third-order valence-electron chi connectivity index (χ3n) is 4.67. The first-order chi connectivity index (χ1) is 12.5. The van der Waals surface area contributed by atoms with Gasteiger partial charge in [-0.3, -0.25) is 9.79 Å². The van der Waals surface area contributed by atoms with Gasteiger partial charge in [0.15, 0.2) is 0 Å². The van der Waals surface area contributed by atoms with Crippen LogP contribution < -0.4 is 5.56 Å². The quantitative estimate of drug-likeness (QED) is 0.692. The molecule has 0 saturated heterocycles. The van der Waals surface area contributed by atoms with Gasteiger partial charge in [-0.05, 0) is 55.4 Å². The minimum atomic E-state index is 0.0921. The molecule has 26 heavy (non-hydrogen) atoms. The van der Waals surface area contributed by atoms with Crippen molar-refractivity contribution in [3.63, 3.8) is 0 Å². The van der Waals surface area contributed by atoms with E-state index in [1.807, 2.05) is 28.8 Å². The van der Waals surface area contributed by atoms with E-state index in [4.69, 9.17) is 28.2 Å². The molecule has 0 atom stereocenters. The molecule has 3 nitrogen and oxygen atoms in total. The normalized spacial score (nSPS) is 15.5. The van der Waals surface area contributed by atoms with Crippen molar-refractivity contribution in [1.82, 2.24) is 4.57 Å². The van der Waals surface area contributed by atoms with E-state index in [0.29, 0.717) is 22.5 Å². The molecule has 0 N–H and O–H groups in total. The summed E-state index contributed by atoms with van der Waals surface area (Å²) in [6.07, 6.45) is 3.78. The van der Waals surface area contributed by atoms with Crippen LogP contribution in [0, 0.1) is 5.92 Å². The van der Waals surface area contributed by atoms with Crippen LogP contribution in [0.4, 0.5) is 0 Å². The molecule has 0 spiro atoms. The Bertz CT molecular complexity index is 884. The summed E-state index contributed by atoms with van der Waals surface area (Å²) < 4.78 is 1.94. The van der Waals surface area contributed by atoms with E-state index in [9.17, 15) is 4.79 Å². The highest BCUT2D eigenvalue weighted by Gasteiger charge is 2.19. The number of aliphatic imine (C=N–C) groups is 1. The van der Waals surface area contributed by atoms with Crippen LogP contribution in [-0.2, 0) is 19.4 Å². The van der Waals surface area contributed by atoms with Crippen molar-refractivity contribution in [2.75, 3.05) is 6.54 Å². The lowest BCUT2D eigenvalue weighted by atomic mass is 9.93. The van der Waals surface area contributed by atoms with Crippen LogP contribution in [0.2, 0.25) is 10.0 Å². The maximum atomic E-state index is 12.3. The zero-order valence-electron chi connectivity index (χ0n) is 15.3. The Hall–Kier alpha value is -1.58. The third kappa shape index (κ3) is 4.39. The lowest BCUT2D eigenvalue weighted by Crippen LogP contribution is -2.29. The van der Waals surface area contributed by atoms with Crippen LogP contribution in [0.5, 0.6) is 0 Å². The van der Waals surface area contributed by atoms with E-state index in [2.05, 4.69) is 13.8 Å². The van der Waals surface area contributed by atoms with Gasteiger partial charge in [0, 0.05) is 36.1 Å². The van der Waals surface area contributed by atoms with Gasteiger partial charge in [0.1, 0.15) is 0 Å². The van der Waals surface area contributed by atoms with Crippen LogP contribution in [0.15, 0.2) is 40.1 Å². The molecular formula is C21H24Cl2N2O. The highest BCUT2D eigenvalue weighted by Crippen LogP contribution is 2.24. The van der Waals surface area contributed by atoms with Gasteiger partial charge in [-0.1, -0.05) is 43.1 Å². The van der Waals surface area contributed by atoms with Crippen molar-refractivity contribution in [3.8, 4) is 0 Å². The Morgan fingerprint density at radius 2 is 1.92 bits per heavy atom. The summed E-state index contributed by atoms with van der Waals surface area (Å²) >= 11 is 12.1. The molecule has 2 aromatic rings. The monoisotopic (exact) mass is 390 g/mol. The molecule has 0 bridgehead atoms. The van der Waals surface area contributed by atoms with E-state index < -0.39 is 0 Å². The topological polar surface area (TPSA) is 34.4 Å². The van der Waals surface area contributed by atoms with Gasteiger partial charge >= 0.3 is 0 Å². The molecule has 0 saturated carbocycles. The Balaban J connectivity index is 1.81. The van der Waals surface area contributed by atoms with Crippen molar-refractivity contribution in [3.05, 3.63) is 67.6 Å². The fraction of sp³-hybridized carbons (Fsp3) is 0.429. The van der Waals surface area contributed by atoms with E-state index in [-0.39, 0.29) is 5.56 Å². The predicted molar refractivity (Wildman–Crippen MR) is 110 cm³/mol. The number of pyridine rings is 1. The highest BCUT2D eigenvalue weighted by molar-refractivity contribution is 6.42. The number of halogens is 2. The molecule has 138 valence electrons. The van der Waals surface area contributed by atoms with Crippen molar-refractivity contribution in [1.29, 1.82) is 0 Å². The molecular weight excluding hydrogens is 367 g/mol. The SMILES string of the molecule is CC(C)Cn1c2c(ccc1=O)C(=NCCc1ccc(Cl)c(Cl)c1)CCC2. The number of hydrogen-bond acceptors (Lipinski definition) is 2. The fourth-order valence-corrected chi connectivity index (χ4v) is 3.77. The lowest BCUT2D eigenvalue weighted by molar-refractivity contribution is 0.491. The standard InChI is InChI=1S/C21H24Cl2N2O/c1-14(2)13-25-20-5-3-4-19(16(20)7-9-21(25)26)24-11-10-15-6-8-17(22)18(23)12-15/h6-9,12,14H,3-5,10-11,13H2,1-2H3. The van der Waals surface area contributed by atoms with Gasteiger partial charge in [0.2, 0.25) is 0 Å². The Labute approximate surface area is 164 Å². The van der Waals surface area contributed by atoms with Crippen LogP contribution in [0.1, 0.15) is 43.5 Å². The summed E-state index contributed by atoms with van der Waals surface area (Å²) in [6, 6.07) is 9.35. The summed E-state index contributed by atoms with van der Waals surface area (Å²) in [5, 5.41) is 1.16. The number of nitrogens with zero attached hydrogens (tertiary/aromatic N) is 2. The zero-order valence-corrected chi connectivity index (χ0v) is 16.8. The lowest BCUT2D eigenvalue weighted by Gasteiger charge is -2.23. The summed E-state index contributed by atoms with van der Waals surface area (Å²) in [7, 11) is 0. The molecule has 0 fully saturated rings. The maximum absolute atomic E-state index is 12.3. The average Bonchev–Trinajstić information content (AvgIpc) is 2.60. The molecule has 1 aromatic carbocycles. The molecule has 3 rings (SSSR count). The van der Waals surface area contributed by atoms with Crippen molar-refractivity contribution < 1.29 is 0 Å². The number of fused-ring (bicyclic) bond motifs is 1. The minimum absolute atomic E-state index is 0.0921. The second-order valence-electron chi connectivity index (χ2n) is 7.22. The summed E-state index contributed by atoms with van der Waals surface area (Å²) in [5.74, 6) is 0.441. The molecule has 0 aliphatic heterocycles. The van der Waals surface area contributed by atoms with Gasteiger partial charge < -0.3 is 4.57 Å². The van der Waals surface area contributed by atoms with Gasteiger partial charge in [0.05, 0.1) is 10.0 Å². The van der Waals surface area contributed by atoms with Gasteiger partial charge in [-0.25, -0.2) is 0 Å². The fourth-order valence-electron chi connectivity index (χ4n) is 3.45. The van der Waals surface area contributed by atoms with Crippen molar-refractivity contribution in [2.24, 2.45) is 10.9 Å². The predicted octanol–water partition coefficient (Wildman–Crippen LogP) is 5.18. The summed E-state index contributed by atoms with van der Waals surface area (Å²) in [4.78, 5) is 17.1. The largest absolute Gasteiger partial charge is 0.312 e. The Kier molecular flexibility index (Phi) is 6.20. The van der Waals surface area contributed by atoms with E-state index in [1.165, 1.54) is 0 Å². The van der Waals surface area contributed by atoms with Crippen LogP contribution in [0.3, 0.4) is 0 Å². The molecule has 0 radical (unpaired) electrons. The first-order valence-electron chi connectivity index (χ1n) is 9.16. The van der Waals surface area contributed by atoms with Crippen LogP contribution >= 0.6 is 23.2 Å². The highest BCUT2D eigenvalue weighted by atomic mass is 35.5. The zero-order chi connectivity index (χ0) is 18.7. The minimum Gasteiger partial charge on any atom is -0.312 e. The molecule has 1 aliphatic rings. The first-order valence-corrected chi connectivity index (χ1v) is 9.91. The van der Waals surface area contributed by atoms with E-state index >= 15 is 0 Å². The summed E-state index contributed by atoms with van der Waals surface area (Å²) in [6.45, 7) is 5.75. The van der Waals surface area contributed by atoms with E-state index in [0.717, 1.165) is 54.8 Å². The first kappa shape index (κ1) is 19.2.